The number of benzene rings is 2. The number of carbonyl (C=O) groups excluding carboxylic acids is 3. The predicted molar refractivity (Wildman–Crippen MR) is 115 cm³/mol. The molecule has 4 heterocycles. The third-order valence-electron chi connectivity index (χ3n) is 6.74. The maximum atomic E-state index is 13.7. The maximum absolute atomic E-state index is 13.7. The van der Waals surface area contributed by atoms with E-state index in [2.05, 4.69) is 11.1 Å². The van der Waals surface area contributed by atoms with Crippen molar-refractivity contribution in [3.63, 3.8) is 0 Å². The van der Waals surface area contributed by atoms with Gasteiger partial charge in [0.25, 0.3) is 11.8 Å². The minimum atomic E-state index is -0.893. The molecule has 0 saturated carbocycles. The molecule has 2 aromatic carbocycles. The number of fused-ring (bicyclic) bond motifs is 6. The second-order valence-corrected chi connectivity index (χ2v) is 8.52. The summed E-state index contributed by atoms with van der Waals surface area (Å²) in [4.78, 5) is 48.1. The maximum Gasteiger partial charge on any atom is 0.332 e. The van der Waals surface area contributed by atoms with Crippen LogP contribution in [0.1, 0.15) is 22.3 Å². The predicted octanol–water partition coefficient (Wildman–Crippen LogP) is 2.82. The van der Waals surface area contributed by atoms with E-state index in [0.717, 1.165) is 17.0 Å². The van der Waals surface area contributed by atoms with Gasteiger partial charge in [0.15, 0.2) is 0 Å². The van der Waals surface area contributed by atoms with Crippen molar-refractivity contribution < 1.29 is 23.2 Å². The van der Waals surface area contributed by atoms with E-state index in [9.17, 15) is 28.4 Å². The van der Waals surface area contributed by atoms with Gasteiger partial charge in [-0.2, -0.15) is 5.26 Å². The SMILES string of the molecule is N#Cc1ccc(N2C(=O)[C@@H]3[C@@H]4C[C@@H](CN4C(=O)c4cc(F)cc(F)c4)N3C2=O)c2cccnc12. The van der Waals surface area contributed by atoms with Crippen LogP contribution >= 0.6 is 0 Å². The van der Waals surface area contributed by atoms with Gasteiger partial charge >= 0.3 is 6.03 Å². The first-order valence-corrected chi connectivity index (χ1v) is 10.6. The third kappa shape index (κ3) is 2.67. The van der Waals surface area contributed by atoms with Gasteiger partial charge in [0.1, 0.15) is 23.7 Å². The molecule has 1 aromatic heterocycles. The number of pyridine rings is 1. The number of carbonyl (C=O) groups is 3. The molecule has 2 bridgehead atoms. The number of hydrogen-bond acceptors (Lipinski definition) is 5. The number of imide groups is 1. The average Bonchev–Trinajstić information content (AvgIpc) is 3.49. The van der Waals surface area contributed by atoms with Gasteiger partial charge in [-0.15, -0.1) is 0 Å². The molecule has 0 spiro atoms. The molecule has 168 valence electrons. The topological polar surface area (TPSA) is 97.6 Å². The van der Waals surface area contributed by atoms with Crippen LogP contribution in [0.15, 0.2) is 48.7 Å². The Kier molecular flexibility index (Phi) is 4.20. The number of nitriles is 1. The molecule has 6 rings (SSSR count). The highest BCUT2D eigenvalue weighted by Gasteiger charge is 2.63. The molecule has 3 fully saturated rings. The summed E-state index contributed by atoms with van der Waals surface area (Å²) in [6.07, 6.45) is 1.94. The van der Waals surface area contributed by atoms with E-state index in [1.807, 2.05) is 0 Å². The van der Waals surface area contributed by atoms with E-state index in [4.69, 9.17) is 0 Å². The number of amides is 4. The highest BCUT2D eigenvalue weighted by atomic mass is 19.1. The van der Waals surface area contributed by atoms with E-state index in [-0.39, 0.29) is 18.2 Å². The third-order valence-corrected chi connectivity index (χ3v) is 6.74. The Bertz CT molecular complexity index is 1450. The van der Waals surface area contributed by atoms with Crippen LogP contribution in [0.5, 0.6) is 0 Å². The zero-order valence-corrected chi connectivity index (χ0v) is 17.5. The Morgan fingerprint density at radius 2 is 1.88 bits per heavy atom. The Balaban J connectivity index is 1.37. The van der Waals surface area contributed by atoms with Gasteiger partial charge in [0, 0.05) is 29.8 Å². The van der Waals surface area contributed by atoms with Gasteiger partial charge in [-0.1, -0.05) is 0 Å². The fourth-order valence-electron chi connectivity index (χ4n) is 5.40. The summed E-state index contributed by atoms with van der Waals surface area (Å²) in [5, 5.41) is 9.87. The highest BCUT2D eigenvalue weighted by Crippen LogP contribution is 2.44. The lowest BCUT2D eigenvalue weighted by atomic mass is 10.1. The molecule has 0 unspecified atom stereocenters. The summed E-state index contributed by atoms with van der Waals surface area (Å²) < 4.78 is 27.3. The van der Waals surface area contributed by atoms with Gasteiger partial charge in [-0.05, 0) is 42.8 Å². The summed E-state index contributed by atoms with van der Waals surface area (Å²) in [5.41, 5.74) is 0.867. The van der Waals surface area contributed by atoms with Crippen LogP contribution in [-0.4, -0.2) is 57.3 Å². The number of nitrogens with zero attached hydrogens (tertiary/aromatic N) is 5. The Morgan fingerprint density at radius 1 is 1.12 bits per heavy atom. The summed E-state index contributed by atoms with van der Waals surface area (Å²) >= 11 is 0. The molecule has 10 heteroatoms. The summed E-state index contributed by atoms with van der Waals surface area (Å²) in [6.45, 7) is 0.167. The number of hydrogen-bond donors (Lipinski definition) is 0. The molecular weight excluding hydrogens is 444 g/mol. The number of urea groups is 1. The van der Waals surface area contributed by atoms with Crippen LogP contribution in [0.2, 0.25) is 0 Å². The van der Waals surface area contributed by atoms with Crippen LogP contribution in [0, 0.1) is 23.0 Å². The monoisotopic (exact) mass is 459 g/mol. The summed E-state index contributed by atoms with van der Waals surface area (Å²) in [6, 6.07) is 8.67. The van der Waals surface area contributed by atoms with Crippen LogP contribution in [0.3, 0.4) is 0 Å². The summed E-state index contributed by atoms with van der Waals surface area (Å²) in [5.74, 6) is -2.81. The molecule has 0 N–H and O–H groups in total. The van der Waals surface area contributed by atoms with Crippen molar-refractivity contribution in [2.24, 2.45) is 0 Å². The Morgan fingerprint density at radius 3 is 2.62 bits per heavy atom. The zero-order valence-electron chi connectivity index (χ0n) is 17.5. The smallest absolute Gasteiger partial charge is 0.331 e. The number of rotatable bonds is 2. The molecule has 3 aliphatic rings. The standard InChI is InChI=1S/C24H15F2N5O3/c25-14-6-13(7-15(26)8-14)22(32)29-11-16-9-19(29)21-23(33)31(24(34)30(16)21)18-4-3-12(10-27)20-17(18)2-1-5-28-20/h1-8,16,19,21H,9,11H2/t16-,19-,21-/m0/s1. The molecular formula is C24H15F2N5O3. The van der Waals surface area contributed by atoms with Gasteiger partial charge < -0.3 is 9.80 Å². The van der Waals surface area contributed by atoms with E-state index in [1.165, 1.54) is 22.1 Å². The van der Waals surface area contributed by atoms with E-state index in [1.54, 1.807) is 18.2 Å². The van der Waals surface area contributed by atoms with Gasteiger partial charge in [0.05, 0.1) is 28.9 Å². The first-order valence-electron chi connectivity index (χ1n) is 10.6. The molecule has 8 nitrogen and oxygen atoms in total. The first-order chi connectivity index (χ1) is 16.4. The molecule has 0 aliphatic carbocycles. The van der Waals surface area contributed by atoms with Gasteiger partial charge in [-0.25, -0.2) is 18.5 Å². The van der Waals surface area contributed by atoms with Crippen molar-refractivity contribution >= 4 is 34.4 Å². The first kappa shape index (κ1) is 20.2. The normalized spacial score (nSPS) is 23.1. The van der Waals surface area contributed by atoms with E-state index in [0.29, 0.717) is 34.6 Å². The lowest BCUT2D eigenvalue weighted by molar-refractivity contribution is -0.121. The van der Waals surface area contributed by atoms with Crippen LogP contribution < -0.4 is 4.90 Å². The number of halogens is 2. The number of anilines is 1. The molecule has 3 aliphatic heterocycles. The highest BCUT2D eigenvalue weighted by molar-refractivity contribution is 6.25. The van der Waals surface area contributed by atoms with E-state index < -0.39 is 41.6 Å². The lowest BCUT2D eigenvalue weighted by Crippen LogP contribution is -2.54. The molecule has 3 aromatic rings. The van der Waals surface area contributed by atoms with Crippen molar-refractivity contribution in [1.29, 1.82) is 5.26 Å². The van der Waals surface area contributed by atoms with E-state index >= 15 is 0 Å². The van der Waals surface area contributed by atoms with Crippen LogP contribution in [-0.2, 0) is 4.79 Å². The van der Waals surface area contributed by atoms with Gasteiger partial charge in [-0.3, -0.25) is 14.6 Å². The van der Waals surface area contributed by atoms with Crippen molar-refractivity contribution in [1.82, 2.24) is 14.8 Å². The summed E-state index contributed by atoms with van der Waals surface area (Å²) in [7, 11) is 0. The minimum absolute atomic E-state index is 0.144. The lowest BCUT2D eigenvalue weighted by Gasteiger charge is -2.34. The Labute approximate surface area is 191 Å². The molecule has 3 saturated heterocycles. The van der Waals surface area contributed by atoms with Crippen LogP contribution in [0.4, 0.5) is 19.3 Å². The Hall–Kier alpha value is -4.39. The number of aromatic nitrogens is 1. The number of likely N-dealkylation sites (tertiary alicyclic amines) is 1. The largest absolute Gasteiger partial charge is 0.332 e. The second-order valence-electron chi connectivity index (χ2n) is 8.52. The van der Waals surface area contributed by atoms with Crippen molar-refractivity contribution in [2.45, 2.75) is 24.5 Å². The number of piperazine rings is 1. The zero-order chi connectivity index (χ0) is 23.7. The van der Waals surface area contributed by atoms with Crippen molar-refractivity contribution in [2.75, 3.05) is 11.4 Å². The molecule has 34 heavy (non-hydrogen) atoms. The average molecular weight is 459 g/mol. The van der Waals surface area contributed by atoms with Gasteiger partial charge in [0.2, 0.25) is 0 Å². The molecule has 3 atom stereocenters. The molecule has 4 amide bonds. The second kappa shape index (κ2) is 7.05. The van der Waals surface area contributed by atoms with Crippen molar-refractivity contribution in [3.05, 3.63) is 71.4 Å². The fraction of sp³-hybridized carbons (Fsp3) is 0.208. The van der Waals surface area contributed by atoms with Crippen LogP contribution in [0.25, 0.3) is 10.9 Å². The minimum Gasteiger partial charge on any atom is -0.331 e. The quantitative estimate of drug-likeness (QED) is 0.549. The molecule has 0 radical (unpaired) electrons. The fourth-order valence-corrected chi connectivity index (χ4v) is 5.40. The van der Waals surface area contributed by atoms with Crippen molar-refractivity contribution in [3.8, 4) is 6.07 Å².